The van der Waals surface area contributed by atoms with Gasteiger partial charge in [-0.2, -0.15) is 0 Å². The summed E-state index contributed by atoms with van der Waals surface area (Å²) in [7, 11) is 0. The van der Waals surface area contributed by atoms with Gasteiger partial charge in [-0.3, -0.25) is 0 Å². The summed E-state index contributed by atoms with van der Waals surface area (Å²) in [5.74, 6) is 0. The van der Waals surface area contributed by atoms with Crippen LogP contribution in [-0.4, -0.2) is 4.57 Å². The minimum Gasteiger partial charge on any atom is -0.310 e. The second-order valence-corrected chi connectivity index (χ2v) is 12.1. The van der Waals surface area contributed by atoms with E-state index in [-0.39, 0.29) is 0 Å². The van der Waals surface area contributed by atoms with Crippen LogP contribution in [0.3, 0.4) is 0 Å². The molecule has 7 aromatic carbocycles. The van der Waals surface area contributed by atoms with Crippen LogP contribution in [-0.2, 0) is 0 Å². The molecule has 0 aliphatic heterocycles. The lowest BCUT2D eigenvalue weighted by atomic mass is 10.1. The van der Waals surface area contributed by atoms with Crippen molar-refractivity contribution in [2.75, 3.05) is 4.90 Å². The molecule has 0 aliphatic carbocycles. The molecule has 0 bridgehead atoms. The Morgan fingerprint density at radius 2 is 1.02 bits per heavy atom. The minimum absolute atomic E-state index is 1.15. The molecule has 0 amide bonds. The Balaban J connectivity index is 1.23. The Kier molecular flexibility index (Phi) is 5.40. The van der Waals surface area contributed by atoms with Gasteiger partial charge in [0.05, 0.1) is 16.7 Å². The Bertz CT molecular complexity index is 2410. The highest BCUT2D eigenvalue weighted by molar-refractivity contribution is 7.25. The van der Waals surface area contributed by atoms with Gasteiger partial charge in [0.1, 0.15) is 0 Å². The zero-order chi connectivity index (χ0) is 28.3. The molecule has 0 aliphatic rings. The Morgan fingerprint density at radius 1 is 0.419 bits per heavy atom. The molecule has 0 radical (unpaired) electrons. The van der Waals surface area contributed by atoms with E-state index < -0.39 is 0 Å². The van der Waals surface area contributed by atoms with Gasteiger partial charge >= 0.3 is 0 Å². The molecule has 9 aromatic rings. The largest absolute Gasteiger partial charge is 0.310 e. The van der Waals surface area contributed by atoms with E-state index in [0.717, 1.165) is 11.4 Å². The molecule has 9 rings (SSSR count). The third-order valence-corrected chi connectivity index (χ3v) is 9.67. The van der Waals surface area contributed by atoms with Gasteiger partial charge in [-0.05, 0) is 60.0 Å². The number of benzene rings is 7. The number of thiophene rings is 1. The second kappa shape index (κ2) is 9.59. The van der Waals surface area contributed by atoms with Crippen LogP contribution in [0, 0.1) is 0 Å². The first-order chi connectivity index (χ1) is 21.3. The van der Waals surface area contributed by atoms with E-state index in [1.165, 1.54) is 64.1 Å². The summed E-state index contributed by atoms with van der Waals surface area (Å²) >= 11 is 1.87. The maximum absolute atomic E-state index is 2.40. The second-order valence-electron chi connectivity index (χ2n) is 11.0. The summed E-state index contributed by atoms with van der Waals surface area (Å²) in [5, 5.41) is 7.64. The maximum Gasteiger partial charge on any atom is 0.0541 e. The fraction of sp³-hybridized carbons (Fsp3) is 0. The highest BCUT2D eigenvalue weighted by Gasteiger charge is 2.17. The van der Waals surface area contributed by atoms with E-state index in [1.807, 2.05) is 11.3 Å². The molecule has 0 saturated carbocycles. The number of hydrogen-bond donors (Lipinski definition) is 0. The van der Waals surface area contributed by atoms with Crippen molar-refractivity contribution in [3.8, 4) is 5.69 Å². The van der Waals surface area contributed by atoms with Crippen molar-refractivity contribution in [1.82, 2.24) is 4.57 Å². The summed E-state index contributed by atoms with van der Waals surface area (Å²) in [4.78, 5) is 2.38. The molecule has 3 heteroatoms. The monoisotopic (exact) mass is 566 g/mol. The average Bonchev–Trinajstić information content (AvgIpc) is 3.60. The Morgan fingerprint density at radius 3 is 1.79 bits per heavy atom. The van der Waals surface area contributed by atoms with Gasteiger partial charge in [-0.25, -0.2) is 0 Å². The van der Waals surface area contributed by atoms with Crippen molar-refractivity contribution in [3.05, 3.63) is 158 Å². The van der Waals surface area contributed by atoms with Gasteiger partial charge < -0.3 is 9.47 Å². The van der Waals surface area contributed by atoms with E-state index in [2.05, 4.69) is 167 Å². The van der Waals surface area contributed by atoms with Crippen molar-refractivity contribution >= 4 is 81.1 Å². The van der Waals surface area contributed by atoms with E-state index >= 15 is 0 Å². The van der Waals surface area contributed by atoms with Gasteiger partial charge in [-0.15, -0.1) is 11.3 Å². The molecule has 202 valence electrons. The van der Waals surface area contributed by atoms with E-state index in [0.29, 0.717) is 0 Å². The fourth-order valence-electron chi connectivity index (χ4n) is 6.64. The number of aromatic nitrogens is 1. The summed E-state index contributed by atoms with van der Waals surface area (Å²) < 4.78 is 4.98. The topological polar surface area (TPSA) is 8.17 Å². The number of fused-ring (bicyclic) bond motifs is 7. The minimum atomic E-state index is 1.15. The quantitative estimate of drug-likeness (QED) is 0.206. The molecule has 0 unspecified atom stereocenters. The van der Waals surface area contributed by atoms with E-state index in [4.69, 9.17) is 0 Å². The van der Waals surface area contributed by atoms with Crippen LogP contribution in [0.2, 0.25) is 0 Å². The van der Waals surface area contributed by atoms with Gasteiger partial charge in [0.2, 0.25) is 0 Å². The predicted octanol–water partition coefficient (Wildman–Crippen LogP) is 11.8. The number of nitrogens with zero attached hydrogens (tertiary/aromatic N) is 2. The zero-order valence-corrected chi connectivity index (χ0v) is 24.1. The van der Waals surface area contributed by atoms with Gasteiger partial charge in [0.15, 0.2) is 0 Å². The normalized spacial score (nSPS) is 11.7. The highest BCUT2D eigenvalue weighted by Crippen LogP contribution is 2.43. The maximum atomic E-state index is 2.40. The molecule has 0 atom stereocenters. The molecule has 2 nitrogen and oxygen atoms in total. The number of para-hydroxylation sites is 3. The van der Waals surface area contributed by atoms with Crippen LogP contribution in [0.15, 0.2) is 158 Å². The zero-order valence-electron chi connectivity index (χ0n) is 23.3. The van der Waals surface area contributed by atoms with Crippen LogP contribution >= 0.6 is 11.3 Å². The van der Waals surface area contributed by atoms with Gasteiger partial charge in [0.25, 0.3) is 0 Å². The summed E-state index contributed by atoms with van der Waals surface area (Å²) in [6.45, 7) is 0. The van der Waals surface area contributed by atoms with E-state index in [1.54, 1.807) is 0 Å². The van der Waals surface area contributed by atoms with Crippen LogP contribution in [0.5, 0.6) is 0 Å². The van der Waals surface area contributed by atoms with Crippen molar-refractivity contribution in [2.45, 2.75) is 0 Å². The lowest BCUT2D eigenvalue weighted by Crippen LogP contribution is -2.10. The Hall–Kier alpha value is -5.38. The predicted molar refractivity (Wildman–Crippen MR) is 186 cm³/mol. The van der Waals surface area contributed by atoms with Crippen LogP contribution < -0.4 is 4.90 Å². The van der Waals surface area contributed by atoms with Crippen molar-refractivity contribution < 1.29 is 0 Å². The SMILES string of the molecule is c1ccc(N(c2ccc3c(c2)sc2cc(-n4c5ccccc5c5ccccc54)ccc23)c2cccc3ccccc23)cc1. The molecule has 0 N–H and O–H groups in total. The molecule has 2 heterocycles. The molecule has 2 aromatic heterocycles. The summed E-state index contributed by atoms with van der Waals surface area (Å²) in [5.41, 5.74) is 7.15. The lowest BCUT2D eigenvalue weighted by Gasteiger charge is -2.27. The standard InChI is InChI=1S/C40H26N2S/c1-2-13-28(14-3-1)41(36-20-10-12-27-11-4-5-15-31(27)36)29-21-23-34-35-24-22-30(26-40(35)43-39(34)25-29)42-37-18-8-6-16-32(37)33-17-7-9-19-38(33)42/h1-26H. The van der Waals surface area contributed by atoms with Gasteiger partial charge in [0, 0.05) is 53.4 Å². The molecular weight excluding hydrogens is 541 g/mol. The fourth-order valence-corrected chi connectivity index (χ4v) is 7.81. The van der Waals surface area contributed by atoms with Crippen molar-refractivity contribution in [3.63, 3.8) is 0 Å². The molecule has 0 spiro atoms. The smallest absolute Gasteiger partial charge is 0.0541 e. The molecule has 43 heavy (non-hydrogen) atoms. The first-order valence-electron chi connectivity index (χ1n) is 14.6. The average molecular weight is 567 g/mol. The first-order valence-corrected chi connectivity index (χ1v) is 15.4. The number of hydrogen-bond acceptors (Lipinski definition) is 2. The lowest BCUT2D eigenvalue weighted by molar-refractivity contribution is 1.19. The first kappa shape index (κ1) is 24.2. The number of rotatable bonds is 4. The van der Waals surface area contributed by atoms with Crippen LogP contribution in [0.4, 0.5) is 17.1 Å². The third kappa shape index (κ3) is 3.79. The molecular formula is C40H26N2S. The van der Waals surface area contributed by atoms with Crippen LogP contribution in [0.1, 0.15) is 0 Å². The summed E-state index contributed by atoms with van der Waals surface area (Å²) in [6, 6.07) is 57.1. The third-order valence-electron chi connectivity index (χ3n) is 8.56. The number of anilines is 3. The molecule has 0 saturated heterocycles. The van der Waals surface area contributed by atoms with Crippen molar-refractivity contribution in [2.24, 2.45) is 0 Å². The summed E-state index contributed by atoms with van der Waals surface area (Å²) in [6.07, 6.45) is 0. The Labute approximate surface area is 253 Å². The van der Waals surface area contributed by atoms with E-state index in [9.17, 15) is 0 Å². The highest BCUT2D eigenvalue weighted by atomic mass is 32.1. The van der Waals surface area contributed by atoms with Crippen molar-refractivity contribution in [1.29, 1.82) is 0 Å². The van der Waals surface area contributed by atoms with Gasteiger partial charge in [-0.1, -0.05) is 103 Å². The van der Waals surface area contributed by atoms with Crippen LogP contribution in [0.25, 0.3) is 58.4 Å². The molecule has 0 fully saturated rings.